The number of carbonyl (C=O) groups is 1. The SMILES string of the molecule is O=C(Nc1ccc(Cl)cc1OCC(F)(F)F)C1CNCCO1. The second kappa shape index (κ2) is 7.17. The number of carbonyl (C=O) groups excluding carboxylic acids is 1. The number of anilines is 1. The first-order valence-electron chi connectivity index (χ1n) is 6.47. The van der Waals surface area contributed by atoms with E-state index in [1.165, 1.54) is 18.2 Å². The molecular weight excluding hydrogens is 325 g/mol. The normalized spacial score (nSPS) is 18.8. The molecule has 1 aromatic carbocycles. The lowest BCUT2D eigenvalue weighted by Gasteiger charge is -2.23. The van der Waals surface area contributed by atoms with Gasteiger partial charge in [-0.05, 0) is 12.1 Å². The summed E-state index contributed by atoms with van der Waals surface area (Å²) in [7, 11) is 0. The molecule has 0 aromatic heterocycles. The van der Waals surface area contributed by atoms with Crippen molar-refractivity contribution in [2.24, 2.45) is 0 Å². The molecule has 0 spiro atoms. The van der Waals surface area contributed by atoms with Crippen molar-refractivity contribution in [3.8, 4) is 5.75 Å². The molecule has 22 heavy (non-hydrogen) atoms. The van der Waals surface area contributed by atoms with Crippen molar-refractivity contribution >= 4 is 23.2 Å². The second-order valence-electron chi connectivity index (χ2n) is 4.60. The Kier molecular flexibility index (Phi) is 5.49. The molecule has 1 atom stereocenters. The van der Waals surface area contributed by atoms with Crippen LogP contribution in [0.2, 0.25) is 5.02 Å². The highest BCUT2D eigenvalue weighted by atomic mass is 35.5. The molecule has 9 heteroatoms. The van der Waals surface area contributed by atoms with Gasteiger partial charge in [0.1, 0.15) is 11.9 Å². The molecule has 0 radical (unpaired) electrons. The zero-order valence-corrected chi connectivity index (χ0v) is 12.1. The minimum Gasteiger partial charge on any atom is -0.482 e. The van der Waals surface area contributed by atoms with Crippen molar-refractivity contribution in [1.82, 2.24) is 5.32 Å². The quantitative estimate of drug-likeness (QED) is 0.883. The Bertz CT molecular complexity index is 534. The van der Waals surface area contributed by atoms with Crippen LogP contribution in [0, 0.1) is 0 Å². The fraction of sp³-hybridized carbons (Fsp3) is 0.462. The molecule has 0 saturated carbocycles. The predicted molar refractivity (Wildman–Crippen MR) is 74.2 cm³/mol. The van der Waals surface area contributed by atoms with Crippen LogP contribution in [-0.2, 0) is 9.53 Å². The van der Waals surface area contributed by atoms with E-state index >= 15 is 0 Å². The highest BCUT2D eigenvalue weighted by molar-refractivity contribution is 6.30. The minimum atomic E-state index is -4.49. The van der Waals surface area contributed by atoms with Gasteiger partial charge in [0.15, 0.2) is 6.61 Å². The van der Waals surface area contributed by atoms with Gasteiger partial charge in [-0.25, -0.2) is 0 Å². The monoisotopic (exact) mass is 338 g/mol. The zero-order chi connectivity index (χ0) is 16.2. The number of hydrogen-bond acceptors (Lipinski definition) is 4. The summed E-state index contributed by atoms with van der Waals surface area (Å²) < 4.78 is 46.7. The van der Waals surface area contributed by atoms with Crippen molar-refractivity contribution in [3.05, 3.63) is 23.2 Å². The van der Waals surface area contributed by atoms with Gasteiger partial charge in [-0.1, -0.05) is 11.6 Å². The summed E-state index contributed by atoms with van der Waals surface area (Å²) in [6.45, 7) is -0.114. The third kappa shape index (κ3) is 5.04. The van der Waals surface area contributed by atoms with Crippen molar-refractivity contribution in [2.75, 3.05) is 31.6 Å². The number of rotatable bonds is 4. The topological polar surface area (TPSA) is 59.6 Å². The molecule has 1 heterocycles. The molecule has 2 rings (SSSR count). The Hall–Kier alpha value is -1.51. The summed E-state index contributed by atoms with van der Waals surface area (Å²) in [6.07, 6.45) is -5.19. The Morgan fingerprint density at radius 1 is 1.50 bits per heavy atom. The smallest absolute Gasteiger partial charge is 0.422 e. The van der Waals surface area contributed by atoms with Gasteiger partial charge in [0, 0.05) is 24.2 Å². The molecule has 2 N–H and O–H groups in total. The van der Waals surface area contributed by atoms with Crippen LogP contribution in [0.1, 0.15) is 0 Å². The fourth-order valence-electron chi connectivity index (χ4n) is 1.83. The summed E-state index contributed by atoms with van der Waals surface area (Å²) in [5, 5.41) is 5.67. The van der Waals surface area contributed by atoms with Gasteiger partial charge < -0.3 is 20.1 Å². The third-order valence-electron chi connectivity index (χ3n) is 2.81. The summed E-state index contributed by atoms with van der Waals surface area (Å²) in [5.74, 6) is -0.617. The Labute approximate surface area is 129 Å². The molecule has 1 saturated heterocycles. The van der Waals surface area contributed by atoms with E-state index in [9.17, 15) is 18.0 Å². The first kappa shape index (κ1) is 16.9. The summed E-state index contributed by atoms with van der Waals surface area (Å²) in [4.78, 5) is 12.0. The number of benzene rings is 1. The van der Waals surface area contributed by atoms with Gasteiger partial charge in [0.2, 0.25) is 0 Å². The van der Waals surface area contributed by atoms with Gasteiger partial charge in [-0.15, -0.1) is 0 Å². The highest BCUT2D eigenvalue weighted by Crippen LogP contribution is 2.30. The Morgan fingerprint density at radius 3 is 2.91 bits per heavy atom. The van der Waals surface area contributed by atoms with Gasteiger partial charge >= 0.3 is 6.18 Å². The fourth-order valence-corrected chi connectivity index (χ4v) is 1.99. The summed E-state index contributed by atoms with van der Waals surface area (Å²) in [6, 6.07) is 4.03. The summed E-state index contributed by atoms with van der Waals surface area (Å²) in [5.41, 5.74) is 0.104. The standard InChI is InChI=1S/C13H14ClF3N2O3/c14-8-1-2-9(10(5-8)22-7-13(15,16)17)19-12(20)11-6-18-3-4-21-11/h1-2,5,11,18H,3-4,6-7H2,(H,19,20). The Morgan fingerprint density at radius 2 is 2.27 bits per heavy atom. The lowest BCUT2D eigenvalue weighted by molar-refractivity contribution is -0.153. The van der Waals surface area contributed by atoms with E-state index in [4.69, 9.17) is 21.1 Å². The average Bonchev–Trinajstić information content (AvgIpc) is 2.47. The molecule has 1 aliphatic heterocycles. The first-order valence-corrected chi connectivity index (χ1v) is 6.85. The largest absolute Gasteiger partial charge is 0.482 e. The molecule has 1 aliphatic rings. The van der Waals surface area contributed by atoms with E-state index in [0.717, 1.165) is 0 Å². The van der Waals surface area contributed by atoms with Gasteiger partial charge in [-0.2, -0.15) is 13.2 Å². The molecule has 1 aromatic rings. The van der Waals surface area contributed by atoms with Gasteiger partial charge in [0.05, 0.1) is 12.3 Å². The van der Waals surface area contributed by atoms with Crippen LogP contribution in [0.15, 0.2) is 18.2 Å². The number of ether oxygens (including phenoxy) is 2. The van der Waals surface area contributed by atoms with E-state index in [0.29, 0.717) is 19.7 Å². The minimum absolute atomic E-state index is 0.104. The molecular formula is C13H14ClF3N2O3. The van der Waals surface area contributed by atoms with Crippen molar-refractivity contribution in [3.63, 3.8) is 0 Å². The second-order valence-corrected chi connectivity index (χ2v) is 5.03. The third-order valence-corrected chi connectivity index (χ3v) is 3.05. The zero-order valence-electron chi connectivity index (χ0n) is 11.4. The van der Waals surface area contributed by atoms with E-state index in [1.807, 2.05) is 0 Å². The number of amides is 1. The highest BCUT2D eigenvalue weighted by Gasteiger charge is 2.29. The number of nitrogens with one attached hydrogen (secondary N) is 2. The van der Waals surface area contributed by atoms with E-state index in [-0.39, 0.29) is 16.5 Å². The average molecular weight is 339 g/mol. The van der Waals surface area contributed by atoms with Crippen LogP contribution in [0.4, 0.5) is 18.9 Å². The molecule has 5 nitrogen and oxygen atoms in total. The molecule has 122 valence electrons. The maximum absolute atomic E-state index is 12.3. The number of alkyl halides is 3. The van der Waals surface area contributed by atoms with Crippen LogP contribution >= 0.6 is 11.6 Å². The molecule has 1 amide bonds. The van der Waals surface area contributed by atoms with Crippen LogP contribution in [0.3, 0.4) is 0 Å². The molecule has 1 fully saturated rings. The van der Waals surface area contributed by atoms with Crippen molar-refractivity contribution < 1.29 is 27.4 Å². The van der Waals surface area contributed by atoms with Crippen LogP contribution in [0.5, 0.6) is 5.75 Å². The van der Waals surface area contributed by atoms with E-state index < -0.39 is 24.8 Å². The first-order chi connectivity index (χ1) is 10.3. The number of halogens is 4. The van der Waals surface area contributed by atoms with E-state index in [1.54, 1.807) is 0 Å². The van der Waals surface area contributed by atoms with Crippen LogP contribution in [0.25, 0.3) is 0 Å². The van der Waals surface area contributed by atoms with Crippen molar-refractivity contribution in [1.29, 1.82) is 0 Å². The molecule has 1 unspecified atom stereocenters. The predicted octanol–water partition coefficient (Wildman–Crippen LogP) is 2.21. The maximum Gasteiger partial charge on any atom is 0.422 e. The molecule has 0 aliphatic carbocycles. The summed E-state index contributed by atoms with van der Waals surface area (Å²) >= 11 is 5.74. The van der Waals surface area contributed by atoms with Crippen molar-refractivity contribution in [2.45, 2.75) is 12.3 Å². The Balaban J connectivity index is 2.07. The number of hydrogen-bond donors (Lipinski definition) is 2. The van der Waals surface area contributed by atoms with Gasteiger partial charge in [-0.3, -0.25) is 4.79 Å². The molecule has 0 bridgehead atoms. The lowest BCUT2D eigenvalue weighted by Crippen LogP contribution is -2.45. The van der Waals surface area contributed by atoms with Crippen LogP contribution in [-0.4, -0.2) is 44.5 Å². The maximum atomic E-state index is 12.3. The number of morpholine rings is 1. The van der Waals surface area contributed by atoms with Gasteiger partial charge in [0.25, 0.3) is 5.91 Å². The van der Waals surface area contributed by atoms with E-state index in [2.05, 4.69) is 10.6 Å². The van der Waals surface area contributed by atoms with Crippen LogP contribution < -0.4 is 15.4 Å². The lowest BCUT2D eigenvalue weighted by atomic mass is 10.2.